The number of nitrogens with zero attached hydrogens (tertiary/aromatic N) is 1. The summed E-state index contributed by atoms with van der Waals surface area (Å²) in [5, 5.41) is 2.76. The van der Waals surface area contributed by atoms with Crippen molar-refractivity contribution >= 4 is 28.2 Å². The highest BCUT2D eigenvalue weighted by Gasteiger charge is 2.29. The largest absolute Gasteiger partial charge is 0.462 e. The molecule has 0 saturated carbocycles. The van der Waals surface area contributed by atoms with E-state index in [4.69, 9.17) is 4.74 Å². The Morgan fingerprint density at radius 2 is 1.96 bits per heavy atom. The molecule has 5 nitrogen and oxygen atoms in total. The molecule has 0 saturated heterocycles. The van der Waals surface area contributed by atoms with Crippen molar-refractivity contribution in [2.75, 3.05) is 25.5 Å². The number of fused-ring (bicyclic) bond motifs is 1. The van der Waals surface area contributed by atoms with Gasteiger partial charge in [-0.15, -0.1) is 11.3 Å². The first-order valence-corrected chi connectivity index (χ1v) is 8.99. The lowest BCUT2D eigenvalue weighted by Gasteiger charge is -2.22. The minimum absolute atomic E-state index is 0.193. The van der Waals surface area contributed by atoms with Crippen LogP contribution in [-0.2, 0) is 17.7 Å². The van der Waals surface area contributed by atoms with Crippen LogP contribution in [0.3, 0.4) is 0 Å². The Morgan fingerprint density at radius 3 is 2.62 bits per heavy atom. The lowest BCUT2D eigenvalue weighted by Crippen LogP contribution is -2.26. The molecular formula is C18H18F2N2O3S. The molecule has 1 aliphatic rings. The average molecular weight is 380 g/mol. The van der Waals surface area contributed by atoms with Crippen molar-refractivity contribution < 1.29 is 23.1 Å². The number of carbonyl (C=O) groups is 2. The van der Waals surface area contributed by atoms with Crippen molar-refractivity contribution in [3.05, 3.63) is 51.4 Å². The Hall–Kier alpha value is -2.32. The highest BCUT2D eigenvalue weighted by molar-refractivity contribution is 7.17. The minimum atomic E-state index is -0.957. The van der Waals surface area contributed by atoms with Gasteiger partial charge in [-0.3, -0.25) is 4.79 Å². The summed E-state index contributed by atoms with van der Waals surface area (Å²) in [6.07, 6.45) is 0.639. The van der Waals surface area contributed by atoms with E-state index in [-0.39, 0.29) is 17.2 Å². The molecule has 2 heterocycles. The number of benzene rings is 1. The van der Waals surface area contributed by atoms with Gasteiger partial charge in [-0.25, -0.2) is 13.6 Å². The van der Waals surface area contributed by atoms with Crippen molar-refractivity contribution in [1.29, 1.82) is 0 Å². The Bertz CT molecular complexity index is 846. The molecule has 8 heteroatoms. The molecule has 3 rings (SSSR count). The zero-order chi connectivity index (χ0) is 18.8. The average Bonchev–Trinajstić information content (AvgIpc) is 2.91. The summed E-state index contributed by atoms with van der Waals surface area (Å²) >= 11 is 1.24. The maximum absolute atomic E-state index is 13.9. The van der Waals surface area contributed by atoms with Crippen molar-refractivity contribution in [1.82, 2.24) is 4.90 Å². The van der Waals surface area contributed by atoms with Gasteiger partial charge in [0.1, 0.15) is 22.2 Å². The zero-order valence-corrected chi connectivity index (χ0v) is 15.2. The molecule has 0 fully saturated rings. The second-order valence-corrected chi connectivity index (χ2v) is 7.07. The fourth-order valence-electron chi connectivity index (χ4n) is 2.92. The topological polar surface area (TPSA) is 58.6 Å². The first kappa shape index (κ1) is 18.5. The number of anilines is 1. The lowest BCUT2D eigenvalue weighted by molar-refractivity contribution is 0.0526. The molecule has 1 aliphatic heterocycles. The van der Waals surface area contributed by atoms with Crippen LogP contribution >= 0.6 is 11.3 Å². The Labute approximate surface area is 153 Å². The summed E-state index contributed by atoms with van der Waals surface area (Å²) in [5.41, 5.74) is 0.437. The third-order valence-corrected chi connectivity index (χ3v) is 5.28. The number of likely N-dealkylation sites (N-methyl/N-ethyl adjacent to an activating group) is 1. The van der Waals surface area contributed by atoms with E-state index in [9.17, 15) is 18.4 Å². The van der Waals surface area contributed by atoms with E-state index in [1.54, 1.807) is 6.92 Å². The van der Waals surface area contributed by atoms with Gasteiger partial charge in [0.25, 0.3) is 5.91 Å². The number of rotatable bonds is 4. The van der Waals surface area contributed by atoms with Crippen molar-refractivity contribution in [2.45, 2.75) is 19.9 Å². The van der Waals surface area contributed by atoms with Gasteiger partial charge in [0.15, 0.2) is 0 Å². The number of esters is 1. The molecule has 1 aromatic carbocycles. The summed E-state index contributed by atoms with van der Waals surface area (Å²) in [5.74, 6) is -3.39. The molecule has 1 amide bonds. The molecule has 0 spiro atoms. The van der Waals surface area contributed by atoms with Crippen LogP contribution in [0.5, 0.6) is 0 Å². The van der Waals surface area contributed by atoms with Crippen LogP contribution < -0.4 is 5.32 Å². The van der Waals surface area contributed by atoms with Crippen molar-refractivity contribution in [3.8, 4) is 0 Å². The first-order valence-electron chi connectivity index (χ1n) is 8.18. The van der Waals surface area contributed by atoms with Gasteiger partial charge >= 0.3 is 5.97 Å². The molecule has 26 heavy (non-hydrogen) atoms. The predicted octanol–water partition coefficient (Wildman–Crippen LogP) is 3.44. The summed E-state index contributed by atoms with van der Waals surface area (Å²) in [6.45, 7) is 3.29. The SMILES string of the molecule is CCOC(=O)c1c(NC(=O)c2c(F)cccc2F)sc2c1CCN(C)C2. The first-order chi connectivity index (χ1) is 12.4. The molecular weight excluding hydrogens is 362 g/mol. The number of amides is 1. The Kier molecular flexibility index (Phi) is 5.33. The third kappa shape index (κ3) is 3.47. The van der Waals surface area contributed by atoms with E-state index >= 15 is 0 Å². The van der Waals surface area contributed by atoms with Crippen LogP contribution in [0, 0.1) is 11.6 Å². The van der Waals surface area contributed by atoms with E-state index in [0.717, 1.165) is 29.1 Å². The lowest BCUT2D eigenvalue weighted by atomic mass is 10.0. The standard InChI is InChI=1S/C18H18F2N2O3S/c1-3-25-18(24)14-10-7-8-22(2)9-13(10)26-17(14)21-16(23)15-11(19)5-4-6-12(15)20/h4-6H,3,7-9H2,1-2H3,(H,21,23). The van der Waals surface area contributed by atoms with Crippen LogP contribution in [0.4, 0.5) is 13.8 Å². The summed E-state index contributed by atoms with van der Waals surface area (Å²) in [7, 11) is 1.96. The highest BCUT2D eigenvalue weighted by Crippen LogP contribution is 2.37. The van der Waals surface area contributed by atoms with Crippen LogP contribution in [0.1, 0.15) is 38.1 Å². The molecule has 1 aromatic heterocycles. The number of halogens is 2. The fraction of sp³-hybridized carbons (Fsp3) is 0.333. The predicted molar refractivity (Wildman–Crippen MR) is 94.6 cm³/mol. The maximum Gasteiger partial charge on any atom is 0.341 e. The summed E-state index contributed by atoms with van der Waals surface area (Å²) in [4.78, 5) is 27.9. The van der Waals surface area contributed by atoms with E-state index in [2.05, 4.69) is 10.2 Å². The van der Waals surface area contributed by atoms with Gasteiger partial charge in [-0.2, -0.15) is 0 Å². The summed E-state index contributed by atoms with van der Waals surface area (Å²) in [6, 6.07) is 3.21. The normalized spacial score (nSPS) is 14.0. The number of ether oxygens (including phenoxy) is 1. The maximum atomic E-state index is 13.9. The molecule has 0 radical (unpaired) electrons. The molecule has 2 aromatic rings. The van der Waals surface area contributed by atoms with E-state index < -0.39 is 29.1 Å². The molecule has 0 bridgehead atoms. The number of hydrogen-bond donors (Lipinski definition) is 1. The van der Waals surface area contributed by atoms with Gasteiger partial charge in [0, 0.05) is 18.0 Å². The van der Waals surface area contributed by atoms with E-state index in [0.29, 0.717) is 13.0 Å². The Balaban J connectivity index is 1.99. The van der Waals surface area contributed by atoms with Crippen LogP contribution in [0.15, 0.2) is 18.2 Å². The van der Waals surface area contributed by atoms with E-state index in [1.165, 1.54) is 17.4 Å². The van der Waals surface area contributed by atoms with Crippen LogP contribution in [0.2, 0.25) is 0 Å². The zero-order valence-electron chi connectivity index (χ0n) is 14.4. The number of nitrogens with one attached hydrogen (secondary N) is 1. The Morgan fingerprint density at radius 1 is 1.27 bits per heavy atom. The van der Waals surface area contributed by atoms with Crippen LogP contribution in [0.25, 0.3) is 0 Å². The van der Waals surface area contributed by atoms with Crippen LogP contribution in [-0.4, -0.2) is 37.0 Å². The number of carbonyl (C=O) groups excluding carboxylic acids is 2. The quantitative estimate of drug-likeness (QED) is 0.826. The monoisotopic (exact) mass is 380 g/mol. The highest BCUT2D eigenvalue weighted by atomic mass is 32.1. The van der Waals surface area contributed by atoms with Gasteiger partial charge in [0.05, 0.1) is 12.2 Å². The molecule has 0 atom stereocenters. The number of hydrogen-bond acceptors (Lipinski definition) is 5. The van der Waals surface area contributed by atoms with Crippen molar-refractivity contribution in [2.24, 2.45) is 0 Å². The molecule has 1 N–H and O–H groups in total. The van der Waals surface area contributed by atoms with Gasteiger partial charge < -0.3 is 15.0 Å². The second kappa shape index (κ2) is 7.51. The van der Waals surface area contributed by atoms with E-state index in [1.807, 2.05) is 7.05 Å². The third-order valence-electron chi connectivity index (χ3n) is 4.14. The van der Waals surface area contributed by atoms with Crippen molar-refractivity contribution in [3.63, 3.8) is 0 Å². The molecule has 0 unspecified atom stereocenters. The molecule has 0 aliphatic carbocycles. The van der Waals surface area contributed by atoms with Gasteiger partial charge in [-0.05, 0) is 38.1 Å². The van der Waals surface area contributed by atoms with Gasteiger partial charge in [0.2, 0.25) is 0 Å². The molecule has 138 valence electrons. The minimum Gasteiger partial charge on any atom is -0.462 e. The van der Waals surface area contributed by atoms with Gasteiger partial charge in [-0.1, -0.05) is 6.07 Å². The number of thiophene rings is 1. The second-order valence-electron chi connectivity index (χ2n) is 5.97. The summed E-state index contributed by atoms with van der Waals surface area (Å²) < 4.78 is 32.8. The smallest absolute Gasteiger partial charge is 0.341 e. The fourth-order valence-corrected chi connectivity index (χ4v) is 4.23.